The second kappa shape index (κ2) is 16.4. The van der Waals surface area contributed by atoms with Gasteiger partial charge in [-0.1, -0.05) is 21.6 Å². The third-order valence-corrected chi connectivity index (χ3v) is 7.61. The number of amides is 2. The van der Waals surface area contributed by atoms with Gasteiger partial charge in [0.1, 0.15) is 12.1 Å². The molecule has 0 bridgehead atoms. The van der Waals surface area contributed by atoms with E-state index in [-0.39, 0.29) is 58.8 Å². The summed E-state index contributed by atoms with van der Waals surface area (Å²) >= 11 is 0. The van der Waals surface area contributed by atoms with Crippen LogP contribution in [0.15, 0.2) is 36.4 Å². The van der Waals surface area contributed by atoms with E-state index in [0.717, 1.165) is 0 Å². The summed E-state index contributed by atoms with van der Waals surface area (Å²) < 4.78 is 20.1. The van der Waals surface area contributed by atoms with Crippen molar-refractivity contribution < 1.29 is 48.3 Å². The van der Waals surface area contributed by atoms with Crippen LogP contribution in [0, 0.1) is 0 Å². The van der Waals surface area contributed by atoms with Gasteiger partial charge in [-0.15, -0.1) is 0 Å². The summed E-state index contributed by atoms with van der Waals surface area (Å²) in [5, 5.41) is 25.1. The second-order valence-electron chi connectivity index (χ2n) is 7.90. The number of carbonyl (C=O) groups is 4. The third kappa shape index (κ3) is 9.45. The van der Waals surface area contributed by atoms with Crippen molar-refractivity contribution in [3.8, 4) is 23.0 Å². The number of phenols is 2. The molecule has 0 heterocycles. The first-order valence-electron chi connectivity index (χ1n) is 12.1. The molecule has 2 aromatic carbocycles. The zero-order valence-electron chi connectivity index (χ0n) is 22.4. The van der Waals surface area contributed by atoms with Crippen molar-refractivity contribution in [2.24, 2.45) is 0 Å². The Bertz CT molecular complexity index is 1100. The molecule has 0 radical (unpaired) electrons. The van der Waals surface area contributed by atoms with Crippen LogP contribution in [0.1, 0.15) is 34.6 Å². The maximum absolute atomic E-state index is 12.7. The van der Waals surface area contributed by atoms with Gasteiger partial charge in [0.2, 0.25) is 0 Å². The van der Waals surface area contributed by atoms with E-state index in [0.29, 0.717) is 0 Å². The van der Waals surface area contributed by atoms with Crippen molar-refractivity contribution in [2.45, 2.75) is 25.9 Å². The molecule has 0 saturated heterocycles. The van der Waals surface area contributed by atoms with Crippen molar-refractivity contribution in [1.82, 2.24) is 10.6 Å². The van der Waals surface area contributed by atoms with Gasteiger partial charge in [-0.25, -0.2) is 9.59 Å². The monoisotopic (exact) mass is 596 g/mol. The molecule has 12 nitrogen and oxygen atoms in total. The Balaban J connectivity index is 2.03. The average molecular weight is 597 g/mol. The minimum Gasteiger partial charge on any atom is -0.504 e. The van der Waals surface area contributed by atoms with Gasteiger partial charge in [0.15, 0.2) is 23.0 Å². The highest BCUT2D eigenvalue weighted by Crippen LogP contribution is 2.28. The third-order valence-electron chi connectivity index (χ3n) is 5.19. The Morgan fingerprint density at radius 1 is 0.725 bits per heavy atom. The molecule has 4 N–H and O–H groups in total. The number of nitrogens with one attached hydrogen (secondary N) is 2. The van der Waals surface area contributed by atoms with Crippen LogP contribution in [-0.2, 0) is 19.1 Å². The summed E-state index contributed by atoms with van der Waals surface area (Å²) in [5.41, 5.74) is 0.222. The van der Waals surface area contributed by atoms with Gasteiger partial charge >= 0.3 is 11.9 Å². The van der Waals surface area contributed by atoms with Crippen LogP contribution in [0.2, 0.25) is 0 Å². The summed E-state index contributed by atoms with van der Waals surface area (Å²) in [7, 11) is 5.10. The number of benzene rings is 2. The molecule has 0 unspecified atom stereocenters. The maximum Gasteiger partial charge on any atom is 0.329 e. The van der Waals surface area contributed by atoms with E-state index in [4.69, 9.17) is 18.9 Å². The summed E-state index contributed by atoms with van der Waals surface area (Å²) in [5.74, 6) is -2.46. The van der Waals surface area contributed by atoms with Gasteiger partial charge in [-0.05, 0) is 50.2 Å². The molecule has 0 aromatic heterocycles. The normalized spacial score (nSPS) is 12.0. The molecule has 0 spiro atoms. The van der Waals surface area contributed by atoms with E-state index in [1.54, 1.807) is 13.8 Å². The zero-order chi connectivity index (χ0) is 29.7. The first-order chi connectivity index (χ1) is 19.1. The van der Waals surface area contributed by atoms with Gasteiger partial charge < -0.3 is 39.8 Å². The fraction of sp³-hybridized carbons (Fsp3) is 0.385. The Labute approximate surface area is 239 Å². The fourth-order valence-corrected chi connectivity index (χ4v) is 5.50. The van der Waals surface area contributed by atoms with Crippen molar-refractivity contribution in [3.63, 3.8) is 0 Å². The summed E-state index contributed by atoms with van der Waals surface area (Å²) in [6.07, 6.45) is 0. The molecule has 0 saturated carbocycles. The SMILES string of the molecule is CCOC(=O)[C@H](CSSC[C@H](NC(=O)c1ccc(OC)c(O)c1)C(=O)OCC)NC(=O)c1ccc(OC)c(O)c1. The molecule has 2 rings (SSSR count). The van der Waals surface area contributed by atoms with Crippen molar-refractivity contribution >= 4 is 45.3 Å². The first kappa shape index (κ1) is 32.4. The lowest BCUT2D eigenvalue weighted by atomic mass is 10.1. The smallest absolute Gasteiger partial charge is 0.329 e. The number of rotatable bonds is 15. The molecule has 2 aromatic rings. The van der Waals surface area contributed by atoms with E-state index in [1.165, 1.54) is 72.2 Å². The standard InChI is InChI=1S/C26H32N2O10S2/c1-5-37-25(33)17(27-23(31)15-7-9-21(35-3)19(29)11-15)13-39-40-14-18(26(34)38-6-2)28-24(32)16-8-10-22(36-4)20(30)12-16/h7-12,17-18,29-30H,5-6,13-14H2,1-4H3,(H,27,31)(H,28,32)/t17-,18-/m0/s1. The highest BCUT2D eigenvalue weighted by atomic mass is 33.1. The van der Waals surface area contributed by atoms with Crippen LogP contribution < -0.4 is 20.1 Å². The van der Waals surface area contributed by atoms with Gasteiger partial charge in [-0.2, -0.15) is 0 Å². The molecule has 0 aliphatic heterocycles. The molecule has 40 heavy (non-hydrogen) atoms. The summed E-state index contributed by atoms with van der Waals surface area (Å²) in [4.78, 5) is 50.4. The topological polar surface area (TPSA) is 170 Å². The van der Waals surface area contributed by atoms with Crippen molar-refractivity contribution in [3.05, 3.63) is 47.5 Å². The Kier molecular flexibility index (Phi) is 13.3. The lowest BCUT2D eigenvalue weighted by molar-refractivity contribution is -0.145. The first-order valence-corrected chi connectivity index (χ1v) is 14.6. The number of hydrogen-bond acceptors (Lipinski definition) is 12. The number of methoxy groups -OCH3 is 2. The largest absolute Gasteiger partial charge is 0.504 e. The Hall–Kier alpha value is -3.78. The number of phenolic OH excluding ortho intramolecular Hbond substituents is 2. The number of carbonyl (C=O) groups excluding carboxylic acids is 4. The van der Waals surface area contributed by atoms with Crippen molar-refractivity contribution in [1.29, 1.82) is 0 Å². The average Bonchev–Trinajstić information content (AvgIpc) is 2.93. The molecule has 0 aliphatic carbocycles. The van der Waals surface area contributed by atoms with Gasteiger partial charge in [0.05, 0.1) is 27.4 Å². The predicted octanol–water partition coefficient (Wildman–Crippen LogP) is 2.52. The quantitative estimate of drug-likeness (QED) is 0.135. The lowest BCUT2D eigenvalue weighted by Gasteiger charge is -2.19. The summed E-state index contributed by atoms with van der Waals surface area (Å²) in [6.45, 7) is 3.47. The minimum atomic E-state index is -1.04. The van der Waals surface area contributed by atoms with Crippen LogP contribution in [-0.4, -0.2) is 85.0 Å². The highest BCUT2D eigenvalue weighted by molar-refractivity contribution is 8.76. The van der Waals surface area contributed by atoms with Crippen LogP contribution >= 0.6 is 21.6 Å². The Morgan fingerprint density at radius 3 is 1.40 bits per heavy atom. The molecule has 0 fully saturated rings. The van der Waals surface area contributed by atoms with E-state index >= 15 is 0 Å². The Morgan fingerprint density at radius 2 is 1.10 bits per heavy atom. The second-order valence-corrected chi connectivity index (χ2v) is 10.5. The minimum absolute atomic E-state index is 0.0766. The van der Waals surface area contributed by atoms with E-state index in [1.807, 2.05) is 0 Å². The molecule has 218 valence electrons. The summed E-state index contributed by atoms with van der Waals surface area (Å²) in [6, 6.07) is 6.08. The molecule has 14 heteroatoms. The van der Waals surface area contributed by atoms with Gasteiger partial charge in [0, 0.05) is 22.6 Å². The van der Waals surface area contributed by atoms with E-state index in [9.17, 15) is 29.4 Å². The predicted molar refractivity (Wildman–Crippen MR) is 150 cm³/mol. The number of esters is 2. The lowest BCUT2D eigenvalue weighted by Crippen LogP contribution is -2.44. The van der Waals surface area contributed by atoms with Gasteiger partial charge in [-0.3, -0.25) is 9.59 Å². The zero-order valence-corrected chi connectivity index (χ0v) is 24.1. The van der Waals surface area contributed by atoms with Gasteiger partial charge in [0.25, 0.3) is 11.8 Å². The number of hydrogen-bond donors (Lipinski definition) is 4. The molecule has 0 aliphatic rings. The van der Waals surface area contributed by atoms with E-state index in [2.05, 4.69) is 10.6 Å². The number of aromatic hydroxyl groups is 2. The van der Waals surface area contributed by atoms with Crippen molar-refractivity contribution in [2.75, 3.05) is 38.9 Å². The molecular weight excluding hydrogens is 564 g/mol. The highest BCUT2D eigenvalue weighted by Gasteiger charge is 2.26. The number of ether oxygens (including phenoxy) is 4. The molecular formula is C26H32N2O10S2. The maximum atomic E-state index is 12.7. The fourth-order valence-electron chi connectivity index (χ4n) is 3.20. The van der Waals surface area contributed by atoms with E-state index < -0.39 is 35.8 Å². The molecule has 2 amide bonds. The van der Waals surface area contributed by atoms with Crippen LogP contribution in [0.5, 0.6) is 23.0 Å². The molecule has 2 atom stereocenters. The van der Waals surface area contributed by atoms with Crippen LogP contribution in [0.4, 0.5) is 0 Å². The van der Waals surface area contributed by atoms with Crippen LogP contribution in [0.25, 0.3) is 0 Å². The van der Waals surface area contributed by atoms with Crippen LogP contribution in [0.3, 0.4) is 0 Å².